The van der Waals surface area contributed by atoms with E-state index >= 15 is 0 Å². The van der Waals surface area contributed by atoms with Gasteiger partial charge < -0.3 is 10.8 Å². The molecule has 0 atom stereocenters. The van der Waals surface area contributed by atoms with Crippen LogP contribution in [0.5, 0.6) is 0 Å². The second kappa shape index (κ2) is 6.44. The molecule has 0 spiro atoms. The van der Waals surface area contributed by atoms with Gasteiger partial charge in [-0.05, 0) is 25.7 Å². The van der Waals surface area contributed by atoms with Crippen molar-refractivity contribution in [2.75, 3.05) is 6.61 Å². The first kappa shape index (κ1) is 14.4. The molecule has 0 aliphatic heterocycles. The third-order valence-electron chi connectivity index (χ3n) is 2.49. The summed E-state index contributed by atoms with van der Waals surface area (Å²) in [7, 11) is 0. The summed E-state index contributed by atoms with van der Waals surface area (Å²) in [5.74, 6) is 1.13. The standard InChI is InChI=1S/C8H19N.C2H6O/c1-6(2)8(5,9)7(3)4;1-2-3/h6-7H,9H2,1-5H3;3H,2H2,1H3. The fraction of sp³-hybridized carbons (Fsp3) is 1.00. The Morgan fingerprint density at radius 2 is 1.33 bits per heavy atom. The highest BCUT2D eigenvalue weighted by Crippen LogP contribution is 2.21. The SMILES string of the molecule is CC(C)C(C)(N)C(C)C.CCO. The Labute approximate surface area is 77.2 Å². The molecule has 0 amide bonds. The fourth-order valence-corrected chi connectivity index (χ4v) is 0.667. The Bertz CT molecular complexity index is 88.0. The molecule has 0 radical (unpaired) electrons. The van der Waals surface area contributed by atoms with Crippen molar-refractivity contribution in [3.8, 4) is 0 Å². The van der Waals surface area contributed by atoms with Crippen molar-refractivity contribution in [1.29, 1.82) is 0 Å². The van der Waals surface area contributed by atoms with Crippen LogP contribution in [0.3, 0.4) is 0 Å². The highest BCUT2D eigenvalue weighted by Gasteiger charge is 2.26. The van der Waals surface area contributed by atoms with Crippen molar-refractivity contribution < 1.29 is 5.11 Å². The molecule has 0 rings (SSSR count). The molecule has 0 aromatic heterocycles. The number of hydrogen-bond donors (Lipinski definition) is 2. The van der Waals surface area contributed by atoms with E-state index in [9.17, 15) is 0 Å². The van der Waals surface area contributed by atoms with E-state index in [4.69, 9.17) is 10.8 Å². The van der Waals surface area contributed by atoms with Crippen molar-refractivity contribution in [1.82, 2.24) is 0 Å². The second-order valence-corrected chi connectivity index (χ2v) is 3.99. The smallest absolute Gasteiger partial charge is 0.0402 e. The molecule has 3 N–H and O–H groups in total. The minimum absolute atomic E-state index is 0.000000000000000222. The largest absolute Gasteiger partial charge is 0.397 e. The van der Waals surface area contributed by atoms with Crippen LogP contribution in [0, 0.1) is 11.8 Å². The van der Waals surface area contributed by atoms with Gasteiger partial charge in [0.25, 0.3) is 0 Å². The van der Waals surface area contributed by atoms with Gasteiger partial charge in [-0.15, -0.1) is 0 Å². The summed E-state index contributed by atoms with van der Waals surface area (Å²) in [5, 5.41) is 7.57. The predicted octanol–water partition coefficient (Wildman–Crippen LogP) is 2.01. The summed E-state index contributed by atoms with van der Waals surface area (Å²) in [5.41, 5.74) is 6.00. The van der Waals surface area contributed by atoms with E-state index in [0.717, 1.165) is 0 Å². The summed E-state index contributed by atoms with van der Waals surface area (Å²) in [6.45, 7) is 12.7. The van der Waals surface area contributed by atoms with Gasteiger partial charge in [-0.3, -0.25) is 0 Å². The van der Waals surface area contributed by atoms with E-state index in [1.54, 1.807) is 6.92 Å². The predicted molar refractivity (Wildman–Crippen MR) is 55.0 cm³/mol. The van der Waals surface area contributed by atoms with Crippen LogP contribution < -0.4 is 5.73 Å². The molecular weight excluding hydrogens is 150 g/mol. The van der Waals surface area contributed by atoms with E-state index in [-0.39, 0.29) is 12.1 Å². The Balaban J connectivity index is 0. The highest BCUT2D eigenvalue weighted by molar-refractivity contribution is 4.84. The maximum Gasteiger partial charge on any atom is 0.0402 e. The van der Waals surface area contributed by atoms with Gasteiger partial charge in [0.15, 0.2) is 0 Å². The molecule has 0 saturated carbocycles. The first-order valence-corrected chi connectivity index (χ1v) is 4.70. The molecule has 0 aliphatic rings. The molecule has 0 heterocycles. The summed E-state index contributed by atoms with van der Waals surface area (Å²) < 4.78 is 0. The summed E-state index contributed by atoms with van der Waals surface area (Å²) in [4.78, 5) is 0. The molecule has 2 nitrogen and oxygen atoms in total. The van der Waals surface area contributed by atoms with E-state index < -0.39 is 0 Å². The van der Waals surface area contributed by atoms with Gasteiger partial charge in [-0.25, -0.2) is 0 Å². The zero-order chi connectivity index (χ0) is 10.4. The van der Waals surface area contributed by atoms with Crippen molar-refractivity contribution >= 4 is 0 Å². The lowest BCUT2D eigenvalue weighted by molar-refractivity contribution is 0.250. The highest BCUT2D eigenvalue weighted by atomic mass is 16.2. The van der Waals surface area contributed by atoms with Gasteiger partial charge in [0.05, 0.1) is 0 Å². The van der Waals surface area contributed by atoms with Crippen LogP contribution in [0.2, 0.25) is 0 Å². The van der Waals surface area contributed by atoms with Gasteiger partial charge in [0, 0.05) is 12.1 Å². The van der Waals surface area contributed by atoms with Gasteiger partial charge >= 0.3 is 0 Å². The van der Waals surface area contributed by atoms with Crippen molar-refractivity contribution in [3.63, 3.8) is 0 Å². The number of hydrogen-bond acceptors (Lipinski definition) is 2. The molecule has 0 unspecified atom stereocenters. The van der Waals surface area contributed by atoms with Gasteiger partial charge in [0.1, 0.15) is 0 Å². The zero-order valence-electron chi connectivity index (χ0n) is 9.39. The number of nitrogens with two attached hydrogens (primary N) is 1. The number of aliphatic hydroxyl groups excluding tert-OH is 1. The summed E-state index contributed by atoms with van der Waals surface area (Å²) in [6.07, 6.45) is 0. The van der Waals surface area contributed by atoms with Crippen LogP contribution in [0.25, 0.3) is 0 Å². The quantitative estimate of drug-likeness (QED) is 0.674. The van der Waals surface area contributed by atoms with Crippen LogP contribution in [-0.2, 0) is 0 Å². The van der Waals surface area contributed by atoms with Gasteiger partial charge in [-0.2, -0.15) is 0 Å². The molecule has 0 saturated heterocycles. The Morgan fingerprint density at radius 3 is 1.33 bits per heavy atom. The first-order chi connectivity index (χ1) is 5.30. The third kappa shape index (κ3) is 5.56. The zero-order valence-corrected chi connectivity index (χ0v) is 9.39. The van der Waals surface area contributed by atoms with Crippen LogP contribution in [0.15, 0.2) is 0 Å². The monoisotopic (exact) mass is 175 g/mol. The van der Waals surface area contributed by atoms with Crippen LogP contribution in [-0.4, -0.2) is 17.3 Å². The molecule has 0 aromatic carbocycles. The summed E-state index contributed by atoms with van der Waals surface area (Å²) in [6, 6.07) is 0. The van der Waals surface area contributed by atoms with Crippen molar-refractivity contribution in [2.24, 2.45) is 17.6 Å². The van der Waals surface area contributed by atoms with Crippen LogP contribution >= 0.6 is 0 Å². The van der Waals surface area contributed by atoms with Crippen LogP contribution in [0.1, 0.15) is 41.5 Å². The third-order valence-corrected chi connectivity index (χ3v) is 2.49. The molecule has 0 bridgehead atoms. The molecule has 0 fully saturated rings. The van der Waals surface area contributed by atoms with E-state index in [1.165, 1.54) is 0 Å². The topological polar surface area (TPSA) is 46.2 Å². The van der Waals surface area contributed by atoms with Gasteiger partial charge in [0.2, 0.25) is 0 Å². The molecule has 76 valence electrons. The average molecular weight is 175 g/mol. The minimum Gasteiger partial charge on any atom is -0.397 e. The van der Waals surface area contributed by atoms with Gasteiger partial charge in [-0.1, -0.05) is 27.7 Å². The minimum atomic E-state index is 0.000000000000000222. The number of aliphatic hydroxyl groups is 1. The van der Waals surface area contributed by atoms with E-state index in [2.05, 4.69) is 34.6 Å². The average Bonchev–Trinajstić information content (AvgIpc) is 1.88. The van der Waals surface area contributed by atoms with E-state index in [0.29, 0.717) is 11.8 Å². The maximum atomic E-state index is 7.57. The normalized spacial score (nSPS) is 11.5. The molecule has 0 aromatic rings. The fourth-order valence-electron chi connectivity index (χ4n) is 0.667. The lowest BCUT2D eigenvalue weighted by atomic mass is 9.80. The number of rotatable bonds is 2. The first-order valence-electron chi connectivity index (χ1n) is 4.70. The van der Waals surface area contributed by atoms with Crippen molar-refractivity contribution in [3.05, 3.63) is 0 Å². The molecular formula is C10H25NO. The lowest BCUT2D eigenvalue weighted by Crippen LogP contribution is -2.46. The molecule has 0 aliphatic carbocycles. The lowest BCUT2D eigenvalue weighted by Gasteiger charge is -2.33. The Morgan fingerprint density at radius 1 is 1.17 bits per heavy atom. The second-order valence-electron chi connectivity index (χ2n) is 3.99. The van der Waals surface area contributed by atoms with Crippen LogP contribution in [0.4, 0.5) is 0 Å². The molecule has 12 heavy (non-hydrogen) atoms. The summed E-state index contributed by atoms with van der Waals surface area (Å²) >= 11 is 0. The Hall–Kier alpha value is -0.0800. The maximum absolute atomic E-state index is 7.57. The van der Waals surface area contributed by atoms with Crippen molar-refractivity contribution in [2.45, 2.75) is 47.1 Å². The molecule has 2 heteroatoms. The van der Waals surface area contributed by atoms with E-state index in [1.807, 2.05) is 0 Å². The Kier molecular flexibility index (Phi) is 7.75.